The van der Waals surface area contributed by atoms with Crippen LogP contribution in [0.3, 0.4) is 0 Å². The first-order chi connectivity index (χ1) is 15.4. The molecule has 0 saturated heterocycles. The first-order valence-corrected chi connectivity index (χ1v) is 10.6. The average Bonchev–Trinajstić information content (AvgIpc) is 3.14. The van der Waals surface area contributed by atoms with Crippen molar-refractivity contribution in [2.75, 3.05) is 7.11 Å². The third-order valence-corrected chi connectivity index (χ3v) is 5.49. The average molecular weight is 517 g/mol. The second-order valence-electron chi connectivity index (χ2n) is 6.77. The van der Waals surface area contributed by atoms with Gasteiger partial charge in [-0.3, -0.25) is 0 Å². The third-order valence-electron chi connectivity index (χ3n) is 4.58. The van der Waals surface area contributed by atoms with Gasteiger partial charge in [0.2, 0.25) is 5.90 Å². The molecule has 0 N–H and O–H groups in total. The van der Waals surface area contributed by atoms with E-state index in [1.54, 1.807) is 54.6 Å². The van der Waals surface area contributed by atoms with Gasteiger partial charge in [-0.1, -0.05) is 35.9 Å². The molecule has 1 aliphatic heterocycles. The summed E-state index contributed by atoms with van der Waals surface area (Å²) in [5, 5.41) is 0.437. The van der Waals surface area contributed by atoms with Crippen LogP contribution in [0.15, 0.2) is 75.8 Å². The van der Waals surface area contributed by atoms with Crippen molar-refractivity contribution in [2.24, 2.45) is 4.99 Å². The SMILES string of the molecule is COc1cc(/C=C2\N=C(c3ccccc3Cl)OC2=O)cc(Br)c1OCc1ccc(F)cc1. The summed E-state index contributed by atoms with van der Waals surface area (Å²) in [5.41, 5.74) is 2.13. The molecule has 0 fully saturated rings. The molecule has 5 nitrogen and oxygen atoms in total. The second kappa shape index (κ2) is 9.54. The van der Waals surface area contributed by atoms with Gasteiger partial charge in [0.1, 0.15) is 12.4 Å². The van der Waals surface area contributed by atoms with Gasteiger partial charge in [0.25, 0.3) is 0 Å². The van der Waals surface area contributed by atoms with E-state index in [1.165, 1.54) is 19.2 Å². The predicted molar refractivity (Wildman–Crippen MR) is 123 cm³/mol. The van der Waals surface area contributed by atoms with Crippen LogP contribution >= 0.6 is 27.5 Å². The number of esters is 1. The van der Waals surface area contributed by atoms with Crippen molar-refractivity contribution >= 4 is 45.5 Å². The van der Waals surface area contributed by atoms with Gasteiger partial charge in [-0.25, -0.2) is 14.2 Å². The number of hydrogen-bond acceptors (Lipinski definition) is 5. The molecule has 1 heterocycles. The van der Waals surface area contributed by atoms with E-state index >= 15 is 0 Å². The Bertz CT molecular complexity index is 1240. The summed E-state index contributed by atoms with van der Waals surface area (Å²) < 4.78 is 30.3. The van der Waals surface area contributed by atoms with Crippen molar-refractivity contribution in [1.82, 2.24) is 0 Å². The number of halogens is 3. The number of ether oxygens (including phenoxy) is 3. The smallest absolute Gasteiger partial charge is 0.363 e. The topological polar surface area (TPSA) is 57.1 Å². The normalized spacial score (nSPS) is 14.3. The van der Waals surface area contributed by atoms with Crippen LogP contribution in [0.2, 0.25) is 5.02 Å². The van der Waals surface area contributed by atoms with E-state index < -0.39 is 5.97 Å². The number of hydrogen-bond donors (Lipinski definition) is 0. The standard InChI is InChI=1S/C24H16BrClFNO4/c1-30-21-12-15(10-18(25)22(21)31-13-14-6-8-16(27)9-7-14)11-20-24(29)32-23(28-20)17-4-2-3-5-19(17)26/h2-12H,13H2,1H3/b20-11-. The highest BCUT2D eigenvalue weighted by molar-refractivity contribution is 9.10. The minimum Gasteiger partial charge on any atom is -0.493 e. The lowest BCUT2D eigenvalue weighted by Gasteiger charge is -2.13. The number of rotatable bonds is 6. The Hall–Kier alpha value is -3.16. The molecular weight excluding hydrogens is 501 g/mol. The second-order valence-corrected chi connectivity index (χ2v) is 8.03. The number of benzene rings is 3. The molecule has 0 spiro atoms. The molecule has 0 saturated carbocycles. The van der Waals surface area contributed by atoms with Crippen LogP contribution in [0.4, 0.5) is 4.39 Å². The molecule has 0 aliphatic carbocycles. The fraction of sp³-hybridized carbons (Fsp3) is 0.0833. The van der Waals surface area contributed by atoms with E-state index in [-0.39, 0.29) is 24.0 Å². The maximum atomic E-state index is 13.1. The lowest BCUT2D eigenvalue weighted by molar-refractivity contribution is -0.129. The van der Waals surface area contributed by atoms with Crippen LogP contribution in [0.25, 0.3) is 6.08 Å². The molecule has 3 aromatic rings. The number of carbonyl (C=O) groups is 1. The Balaban J connectivity index is 1.59. The molecule has 0 radical (unpaired) electrons. The van der Waals surface area contributed by atoms with Gasteiger partial charge in [-0.15, -0.1) is 0 Å². The van der Waals surface area contributed by atoms with E-state index in [4.69, 9.17) is 25.8 Å². The van der Waals surface area contributed by atoms with Crippen LogP contribution in [-0.2, 0) is 16.1 Å². The first kappa shape index (κ1) is 22.0. The molecule has 8 heteroatoms. The predicted octanol–water partition coefficient (Wildman–Crippen LogP) is 6.17. The summed E-state index contributed by atoms with van der Waals surface area (Å²) in [6, 6.07) is 16.5. The van der Waals surface area contributed by atoms with Crippen LogP contribution in [0.1, 0.15) is 16.7 Å². The summed E-state index contributed by atoms with van der Waals surface area (Å²) >= 11 is 9.66. The molecule has 0 aromatic heterocycles. The van der Waals surface area contributed by atoms with Gasteiger partial charge < -0.3 is 14.2 Å². The third kappa shape index (κ3) is 4.84. The van der Waals surface area contributed by atoms with Gasteiger partial charge in [-0.2, -0.15) is 0 Å². The summed E-state index contributed by atoms with van der Waals surface area (Å²) in [6.07, 6.45) is 1.59. The molecule has 3 aromatic carbocycles. The maximum absolute atomic E-state index is 13.1. The lowest BCUT2D eigenvalue weighted by Crippen LogP contribution is -2.05. The summed E-state index contributed by atoms with van der Waals surface area (Å²) in [7, 11) is 1.51. The van der Waals surface area contributed by atoms with Crippen molar-refractivity contribution in [3.63, 3.8) is 0 Å². The Morgan fingerprint density at radius 1 is 1.16 bits per heavy atom. The van der Waals surface area contributed by atoms with E-state index in [1.807, 2.05) is 0 Å². The molecular formula is C24H16BrClFNO4. The van der Waals surface area contributed by atoms with Crippen molar-refractivity contribution in [1.29, 1.82) is 0 Å². The van der Waals surface area contributed by atoms with E-state index in [9.17, 15) is 9.18 Å². The highest BCUT2D eigenvalue weighted by Crippen LogP contribution is 2.38. The summed E-state index contributed by atoms with van der Waals surface area (Å²) in [6.45, 7) is 0.230. The zero-order valence-electron chi connectivity index (χ0n) is 16.8. The first-order valence-electron chi connectivity index (χ1n) is 9.47. The largest absolute Gasteiger partial charge is 0.493 e. The van der Waals surface area contributed by atoms with E-state index in [0.717, 1.165) is 5.56 Å². The Morgan fingerprint density at radius 2 is 1.91 bits per heavy atom. The van der Waals surface area contributed by atoms with Gasteiger partial charge in [0.15, 0.2) is 17.2 Å². The molecule has 162 valence electrons. The summed E-state index contributed by atoms with van der Waals surface area (Å²) in [5.74, 6) is 0.197. The molecule has 0 amide bonds. The fourth-order valence-corrected chi connectivity index (χ4v) is 3.81. The van der Waals surface area contributed by atoms with E-state index in [0.29, 0.717) is 32.1 Å². The van der Waals surface area contributed by atoms with Crippen LogP contribution < -0.4 is 9.47 Å². The number of methoxy groups -OCH3 is 1. The highest BCUT2D eigenvalue weighted by atomic mass is 79.9. The molecule has 4 rings (SSSR count). The Morgan fingerprint density at radius 3 is 2.62 bits per heavy atom. The zero-order valence-corrected chi connectivity index (χ0v) is 19.1. The van der Waals surface area contributed by atoms with Crippen LogP contribution in [0.5, 0.6) is 11.5 Å². The Kier molecular flexibility index (Phi) is 6.58. The van der Waals surface area contributed by atoms with Gasteiger partial charge in [0.05, 0.1) is 22.2 Å². The number of carbonyl (C=O) groups excluding carboxylic acids is 1. The lowest BCUT2D eigenvalue weighted by atomic mass is 10.1. The highest BCUT2D eigenvalue weighted by Gasteiger charge is 2.25. The summed E-state index contributed by atoms with van der Waals surface area (Å²) in [4.78, 5) is 16.6. The molecule has 0 bridgehead atoms. The number of aliphatic imine (C=N–C) groups is 1. The van der Waals surface area contributed by atoms with Crippen molar-refractivity contribution in [2.45, 2.75) is 6.61 Å². The quantitative estimate of drug-likeness (QED) is 0.290. The Labute approximate surface area is 197 Å². The number of cyclic esters (lactones) is 1. The van der Waals surface area contributed by atoms with Crippen molar-refractivity contribution in [3.8, 4) is 11.5 Å². The van der Waals surface area contributed by atoms with Gasteiger partial charge >= 0.3 is 5.97 Å². The van der Waals surface area contributed by atoms with Crippen molar-refractivity contribution < 1.29 is 23.4 Å². The molecule has 32 heavy (non-hydrogen) atoms. The van der Waals surface area contributed by atoms with Crippen LogP contribution in [-0.4, -0.2) is 19.0 Å². The van der Waals surface area contributed by atoms with Gasteiger partial charge in [-0.05, 0) is 69.5 Å². The maximum Gasteiger partial charge on any atom is 0.363 e. The zero-order chi connectivity index (χ0) is 22.7. The minimum atomic E-state index is -0.577. The van der Waals surface area contributed by atoms with Gasteiger partial charge in [0, 0.05) is 0 Å². The fourth-order valence-electron chi connectivity index (χ4n) is 3.02. The minimum absolute atomic E-state index is 0.133. The molecule has 0 unspecified atom stereocenters. The molecule has 1 aliphatic rings. The van der Waals surface area contributed by atoms with E-state index in [2.05, 4.69) is 20.9 Å². The van der Waals surface area contributed by atoms with Crippen LogP contribution in [0, 0.1) is 5.82 Å². The van der Waals surface area contributed by atoms with Crippen molar-refractivity contribution in [3.05, 3.63) is 98.4 Å². The monoisotopic (exact) mass is 515 g/mol. The number of nitrogens with zero attached hydrogens (tertiary/aromatic N) is 1. The molecule has 0 atom stereocenters.